The summed E-state index contributed by atoms with van der Waals surface area (Å²) in [6.45, 7) is 2.15. The van der Waals surface area contributed by atoms with Crippen LogP contribution in [0.3, 0.4) is 0 Å². The van der Waals surface area contributed by atoms with E-state index in [0.29, 0.717) is 10.8 Å². The summed E-state index contributed by atoms with van der Waals surface area (Å²) >= 11 is 5.87. The molecule has 90 valence electrons. The molecule has 0 spiro atoms. The normalized spacial score (nSPS) is 12.5. The average molecular weight is 243 g/mol. The molecule has 0 heterocycles. The Labute approximate surface area is 102 Å². The maximum absolute atomic E-state index is 10.0. The van der Waals surface area contributed by atoms with Gasteiger partial charge in [0.1, 0.15) is 5.75 Å². The number of aliphatic hydroxyl groups excluding tert-OH is 1. The van der Waals surface area contributed by atoms with E-state index in [9.17, 15) is 5.11 Å². The summed E-state index contributed by atoms with van der Waals surface area (Å²) in [6, 6.07) is 5.35. The topological polar surface area (TPSA) is 29.5 Å². The molecule has 0 aliphatic heterocycles. The summed E-state index contributed by atoms with van der Waals surface area (Å²) in [5.41, 5.74) is 0.822. The van der Waals surface area contributed by atoms with Crippen LogP contribution in [-0.4, -0.2) is 12.2 Å². The Balaban J connectivity index is 2.70. The molecule has 1 N–H and O–H groups in total. The first-order chi connectivity index (χ1) is 7.69. The van der Waals surface area contributed by atoms with Crippen molar-refractivity contribution < 1.29 is 9.84 Å². The number of hydrogen-bond donors (Lipinski definition) is 1. The Morgan fingerprint density at radius 2 is 2.12 bits per heavy atom. The monoisotopic (exact) mass is 242 g/mol. The lowest BCUT2D eigenvalue weighted by molar-refractivity contribution is 0.159. The molecule has 2 nitrogen and oxygen atoms in total. The highest BCUT2D eigenvalue weighted by Crippen LogP contribution is 2.30. The molecule has 0 amide bonds. The van der Waals surface area contributed by atoms with Crippen LogP contribution < -0.4 is 4.74 Å². The van der Waals surface area contributed by atoms with E-state index in [-0.39, 0.29) is 0 Å². The van der Waals surface area contributed by atoms with Crippen molar-refractivity contribution in [3.8, 4) is 5.75 Å². The van der Waals surface area contributed by atoms with E-state index in [1.54, 1.807) is 19.2 Å². The van der Waals surface area contributed by atoms with E-state index < -0.39 is 6.10 Å². The number of methoxy groups -OCH3 is 1. The van der Waals surface area contributed by atoms with Gasteiger partial charge in [-0.05, 0) is 18.6 Å². The quantitative estimate of drug-likeness (QED) is 0.765. The minimum Gasteiger partial charge on any atom is -0.496 e. The lowest BCUT2D eigenvalue weighted by atomic mass is 10.0. The molecule has 0 aromatic heterocycles. The van der Waals surface area contributed by atoms with Gasteiger partial charge in [0, 0.05) is 10.6 Å². The molecular formula is C13H19ClO2. The molecule has 1 atom stereocenters. The van der Waals surface area contributed by atoms with Crippen molar-refractivity contribution in [1.82, 2.24) is 0 Å². The van der Waals surface area contributed by atoms with E-state index in [4.69, 9.17) is 16.3 Å². The summed E-state index contributed by atoms with van der Waals surface area (Å²) in [5.74, 6) is 0.663. The van der Waals surface area contributed by atoms with Crippen molar-refractivity contribution in [2.45, 2.75) is 38.7 Å². The molecule has 1 aromatic rings. The van der Waals surface area contributed by atoms with Crippen LogP contribution >= 0.6 is 11.6 Å². The Morgan fingerprint density at radius 3 is 2.75 bits per heavy atom. The zero-order valence-corrected chi connectivity index (χ0v) is 10.6. The third-order valence-electron chi connectivity index (χ3n) is 2.64. The molecule has 0 saturated heterocycles. The second-order valence-corrected chi connectivity index (χ2v) is 4.33. The smallest absolute Gasteiger partial charge is 0.126 e. The average Bonchev–Trinajstić information content (AvgIpc) is 2.29. The van der Waals surface area contributed by atoms with E-state index >= 15 is 0 Å². The number of hydrogen-bond acceptors (Lipinski definition) is 2. The van der Waals surface area contributed by atoms with E-state index in [2.05, 4.69) is 6.92 Å². The summed E-state index contributed by atoms with van der Waals surface area (Å²) in [7, 11) is 1.59. The number of ether oxygens (including phenoxy) is 1. The number of halogens is 1. The van der Waals surface area contributed by atoms with Crippen molar-refractivity contribution in [1.29, 1.82) is 0 Å². The first-order valence-electron chi connectivity index (χ1n) is 5.70. The second-order valence-electron chi connectivity index (χ2n) is 3.90. The molecule has 0 aliphatic carbocycles. The second kappa shape index (κ2) is 6.77. The van der Waals surface area contributed by atoms with Crippen molar-refractivity contribution >= 4 is 11.6 Å². The third-order valence-corrected chi connectivity index (χ3v) is 2.87. The molecule has 16 heavy (non-hydrogen) atoms. The van der Waals surface area contributed by atoms with E-state index in [1.807, 2.05) is 6.07 Å². The highest BCUT2D eigenvalue weighted by molar-refractivity contribution is 6.30. The Bertz CT molecular complexity index is 326. The van der Waals surface area contributed by atoms with Crippen LogP contribution in [0.15, 0.2) is 18.2 Å². The molecule has 0 aliphatic rings. The van der Waals surface area contributed by atoms with Crippen LogP contribution in [0, 0.1) is 0 Å². The summed E-state index contributed by atoms with van der Waals surface area (Å²) < 4.78 is 5.21. The third kappa shape index (κ3) is 3.69. The summed E-state index contributed by atoms with van der Waals surface area (Å²) in [5, 5.41) is 10.7. The van der Waals surface area contributed by atoms with Crippen LogP contribution in [0.4, 0.5) is 0 Å². The maximum atomic E-state index is 10.0. The molecule has 1 unspecified atom stereocenters. The number of aliphatic hydroxyl groups is 1. The number of unbranched alkanes of at least 4 members (excludes halogenated alkanes) is 2. The van der Waals surface area contributed by atoms with Crippen LogP contribution in [0.2, 0.25) is 5.02 Å². The van der Waals surface area contributed by atoms with Gasteiger partial charge in [-0.3, -0.25) is 0 Å². The molecule has 1 aromatic carbocycles. The lowest BCUT2D eigenvalue weighted by Gasteiger charge is -2.14. The summed E-state index contributed by atoms with van der Waals surface area (Å²) in [4.78, 5) is 0. The van der Waals surface area contributed by atoms with Gasteiger partial charge in [-0.2, -0.15) is 0 Å². The molecule has 0 fully saturated rings. The molecule has 3 heteroatoms. The van der Waals surface area contributed by atoms with Gasteiger partial charge in [-0.25, -0.2) is 0 Å². The van der Waals surface area contributed by atoms with Gasteiger partial charge in [0.25, 0.3) is 0 Å². The minimum atomic E-state index is -0.459. The van der Waals surface area contributed by atoms with Crippen molar-refractivity contribution in [2.24, 2.45) is 0 Å². The van der Waals surface area contributed by atoms with Crippen LogP contribution in [0.5, 0.6) is 5.75 Å². The van der Waals surface area contributed by atoms with Crippen molar-refractivity contribution in [3.63, 3.8) is 0 Å². The van der Waals surface area contributed by atoms with Crippen LogP contribution in [0.25, 0.3) is 0 Å². The van der Waals surface area contributed by atoms with Gasteiger partial charge in [0.2, 0.25) is 0 Å². The number of rotatable bonds is 6. The van der Waals surface area contributed by atoms with Gasteiger partial charge < -0.3 is 9.84 Å². The first kappa shape index (κ1) is 13.3. The molecule has 0 bridgehead atoms. The van der Waals surface area contributed by atoms with Crippen LogP contribution in [0.1, 0.15) is 44.3 Å². The van der Waals surface area contributed by atoms with Gasteiger partial charge in [-0.1, -0.05) is 43.9 Å². The number of benzene rings is 1. The predicted octanol–water partition coefficient (Wildman–Crippen LogP) is 3.96. The Kier molecular flexibility index (Phi) is 5.64. The SMILES string of the molecule is CCCCCC(O)c1ccc(Cl)cc1OC. The lowest BCUT2D eigenvalue weighted by Crippen LogP contribution is -2.00. The zero-order valence-electron chi connectivity index (χ0n) is 9.87. The fraction of sp³-hybridized carbons (Fsp3) is 0.538. The van der Waals surface area contributed by atoms with Crippen molar-refractivity contribution in [2.75, 3.05) is 7.11 Å². The van der Waals surface area contributed by atoms with Crippen LogP contribution in [-0.2, 0) is 0 Å². The molecule has 0 saturated carbocycles. The van der Waals surface area contributed by atoms with Gasteiger partial charge in [0.05, 0.1) is 13.2 Å². The molecule has 0 radical (unpaired) electrons. The maximum Gasteiger partial charge on any atom is 0.126 e. The largest absolute Gasteiger partial charge is 0.496 e. The predicted molar refractivity (Wildman–Crippen MR) is 67.1 cm³/mol. The fourth-order valence-corrected chi connectivity index (χ4v) is 1.87. The Morgan fingerprint density at radius 1 is 1.38 bits per heavy atom. The van der Waals surface area contributed by atoms with E-state index in [1.165, 1.54) is 0 Å². The highest BCUT2D eigenvalue weighted by atomic mass is 35.5. The minimum absolute atomic E-state index is 0.459. The molecular weight excluding hydrogens is 224 g/mol. The van der Waals surface area contributed by atoms with Gasteiger partial charge >= 0.3 is 0 Å². The van der Waals surface area contributed by atoms with Gasteiger partial charge in [-0.15, -0.1) is 0 Å². The van der Waals surface area contributed by atoms with Crippen molar-refractivity contribution in [3.05, 3.63) is 28.8 Å². The highest BCUT2D eigenvalue weighted by Gasteiger charge is 2.12. The zero-order chi connectivity index (χ0) is 12.0. The summed E-state index contributed by atoms with van der Waals surface area (Å²) in [6.07, 6.45) is 3.64. The molecule has 1 rings (SSSR count). The Hall–Kier alpha value is -0.730. The first-order valence-corrected chi connectivity index (χ1v) is 6.08. The standard InChI is InChI=1S/C13H19ClO2/c1-3-4-5-6-12(15)11-8-7-10(14)9-13(11)16-2/h7-9,12,15H,3-6H2,1-2H3. The van der Waals surface area contributed by atoms with Gasteiger partial charge in [0.15, 0.2) is 0 Å². The fourth-order valence-electron chi connectivity index (χ4n) is 1.70. The van der Waals surface area contributed by atoms with E-state index in [0.717, 1.165) is 31.2 Å².